The van der Waals surface area contributed by atoms with Gasteiger partial charge in [-0.3, -0.25) is 0 Å². The number of hydrogen-bond donors (Lipinski definition) is 0. The van der Waals surface area contributed by atoms with Crippen LogP contribution < -0.4 is 4.74 Å². The Labute approximate surface area is 98.8 Å². The van der Waals surface area contributed by atoms with Crippen LogP contribution in [0, 0.1) is 5.92 Å². The summed E-state index contributed by atoms with van der Waals surface area (Å²) in [5, 5.41) is 0. The molecule has 0 amide bonds. The van der Waals surface area contributed by atoms with Gasteiger partial charge in [0, 0.05) is 0 Å². The molecule has 1 aliphatic rings. The minimum absolute atomic E-state index is 0.791. The molecule has 0 unspecified atom stereocenters. The summed E-state index contributed by atoms with van der Waals surface area (Å²) >= 11 is 0. The minimum atomic E-state index is 0.791. The van der Waals surface area contributed by atoms with Crippen LogP contribution in [0.15, 0.2) is 24.3 Å². The Kier molecular flexibility index (Phi) is 4.26. The molecule has 0 aromatic heterocycles. The number of aryl methyl sites for hydroxylation is 1. The smallest absolute Gasteiger partial charge is 0.119 e. The molecule has 88 valence electrons. The standard InChI is InChI=1S/C15H22O/c1-2-13-8-10-15(11-9-13)16-12-14-6-4-3-5-7-14/h8-11,14H,2-7,12H2,1H3. The molecular weight excluding hydrogens is 196 g/mol. The van der Waals surface area contributed by atoms with Crippen LogP contribution in [-0.2, 0) is 6.42 Å². The minimum Gasteiger partial charge on any atom is -0.493 e. The zero-order chi connectivity index (χ0) is 11.2. The van der Waals surface area contributed by atoms with Crippen LogP contribution in [0.1, 0.15) is 44.6 Å². The summed E-state index contributed by atoms with van der Waals surface area (Å²) in [5.74, 6) is 1.82. The van der Waals surface area contributed by atoms with Crippen molar-refractivity contribution in [2.24, 2.45) is 5.92 Å². The molecular formula is C15H22O. The average molecular weight is 218 g/mol. The van der Waals surface area contributed by atoms with Crippen molar-refractivity contribution in [3.8, 4) is 5.75 Å². The molecule has 2 rings (SSSR count). The zero-order valence-corrected chi connectivity index (χ0v) is 10.2. The molecule has 1 heteroatoms. The summed E-state index contributed by atoms with van der Waals surface area (Å²) in [4.78, 5) is 0. The fourth-order valence-corrected chi connectivity index (χ4v) is 2.39. The molecule has 1 aromatic carbocycles. The normalized spacial score (nSPS) is 17.3. The Morgan fingerprint density at radius 3 is 2.38 bits per heavy atom. The van der Waals surface area contributed by atoms with Gasteiger partial charge in [0.05, 0.1) is 6.61 Å². The summed E-state index contributed by atoms with van der Waals surface area (Å²) < 4.78 is 5.84. The van der Waals surface area contributed by atoms with Gasteiger partial charge in [-0.2, -0.15) is 0 Å². The van der Waals surface area contributed by atoms with Crippen LogP contribution >= 0.6 is 0 Å². The van der Waals surface area contributed by atoms with E-state index < -0.39 is 0 Å². The lowest BCUT2D eigenvalue weighted by Crippen LogP contribution is -2.15. The van der Waals surface area contributed by atoms with E-state index in [0.717, 1.165) is 24.7 Å². The second-order valence-electron chi connectivity index (χ2n) is 4.81. The maximum absolute atomic E-state index is 5.84. The van der Waals surface area contributed by atoms with E-state index in [0.29, 0.717) is 0 Å². The first kappa shape index (κ1) is 11.5. The van der Waals surface area contributed by atoms with Crippen molar-refractivity contribution in [3.63, 3.8) is 0 Å². The molecule has 0 atom stereocenters. The van der Waals surface area contributed by atoms with E-state index >= 15 is 0 Å². The monoisotopic (exact) mass is 218 g/mol. The Morgan fingerprint density at radius 2 is 1.75 bits per heavy atom. The van der Waals surface area contributed by atoms with E-state index in [9.17, 15) is 0 Å². The highest BCUT2D eigenvalue weighted by Gasteiger charge is 2.13. The Hall–Kier alpha value is -0.980. The molecule has 1 aliphatic carbocycles. The molecule has 0 N–H and O–H groups in total. The van der Waals surface area contributed by atoms with Gasteiger partial charge in [0.1, 0.15) is 5.75 Å². The molecule has 0 aliphatic heterocycles. The average Bonchev–Trinajstić information content (AvgIpc) is 2.38. The maximum atomic E-state index is 5.84. The Balaban J connectivity index is 1.79. The van der Waals surface area contributed by atoms with E-state index in [4.69, 9.17) is 4.74 Å². The van der Waals surface area contributed by atoms with Crippen molar-refractivity contribution in [2.75, 3.05) is 6.61 Å². The van der Waals surface area contributed by atoms with Crippen molar-refractivity contribution in [1.29, 1.82) is 0 Å². The number of hydrogen-bond acceptors (Lipinski definition) is 1. The highest BCUT2D eigenvalue weighted by molar-refractivity contribution is 5.27. The maximum Gasteiger partial charge on any atom is 0.119 e. The predicted octanol–water partition coefficient (Wildman–Crippen LogP) is 4.21. The number of ether oxygens (including phenoxy) is 1. The van der Waals surface area contributed by atoms with Gasteiger partial charge in [-0.05, 0) is 42.9 Å². The van der Waals surface area contributed by atoms with Gasteiger partial charge >= 0.3 is 0 Å². The van der Waals surface area contributed by atoms with Crippen LogP contribution in [0.25, 0.3) is 0 Å². The summed E-state index contributed by atoms with van der Waals surface area (Å²) in [6, 6.07) is 8.52. The van der Waals surface area contributed by atoms with Crippen molar-refractivity contribution in [2.45, 2.75) is 45.4 Å². The van der Waals surface area contributed by atoms with Gasteiger partial charge < -0.3 is 4.74 Å². The van der Waals surface area contributed by atoms with Crippen LogP contribution in [0.3, 0.4) is 0 Å². The molecule has 1 saturated carbocycles. The summed E-state index contributed by atoms with van der Waals surface area (Å²) in [5.41, 5.74) is 1.38. The van der Waals surface area contributed by atoms with E-state index in [2.05, 4.69) is 31.2 Å². The van der Waals surface area contributed by atoms with Crippen LogP contribution in [0.2, 0.25) is 0 Å². The van der Waals surface area contributed by atoms with E-state index in [-0.39, 0.29) is 0 Å². The van der Waals surface area contributed by atoms with Gasteiger partial charge in [0.25, 0.3) is 0 Å². The van der Waals surface area contributed by atoms with E-state index in [1.807, 2.05) is 0 Å². The molecule has 16 heavy (non-hydrogen) atoms. The second-order valence-corrected chi connectivity index (χ2v) is 4.81. The molecule has 0 saturated heterocycles. The van der Waals surface area contributed by atoms with Gasteiger partial charge in [-0.15, -0.1) is 0 Å². The van der Waals surface area contributed by atoms with Crippen LogP contribution in [-0.4, -0.2) is 6.61 Å². The Bertz CT molecular complexity index is 296. The van der Waals surface area contributed by atoms with Crippen molar-refractivity contribution in [1.82, 2.24) is 0 Å². The molecule has 0 spiro atoms. The molecule has 0 bridgehead atoms. The molecule has 0 heterocycles. The molecule has 0 radical (unpaired) electrons. The lowest BCUT2D eigenvalue weighted by Gasteiger charge is -2.21. The molecule has 1 fully saturated rings. The van der Waals surface area contributed by atoms with E-state index in [1.54, 1.807) is 0 Å². The first-order valence-electron chi connectivity index (χ1n) is 6.60. The number of benzene rings is 1. The highest BCUT2D eigenvalue weighted by atomic mass is 16.5. The largest absolute Gasteiger partial charge is 0.493 e. The van der Waals surface area contributed by atoms with Gasteiger partial charge in [-0.25, -0.2) is 0 Å². The van der Waals surface area contributed by atoms with Crippen molar-refractivity contribution >= 4 is 0 Å². The topological polar surface area (TPSA) is 9.23 Å². The van der Waals surface area contributed by atoms with Crippen molar-refractivity contribution in [3.05, 3.63) is 29.8 Å². The number of rotatable bonds is 4. The Morgan fingerprint density at radius 1 is 1.06 bits per heavy atom. The van der Waals surface area contributed by atoms with Gasteiger partial charge in [0.15, 0.2) is 0 Å². The predicted molar refractivity (Wildman–Crippen MR) is 67.9 cm³/mol. The van der Waals surface area contributed by atoms with Gasteiger partial charge in [0.2, 0.25) is 0 Å². The zero-order valence-electron chi connectivity index (χ0n) is 10.2. The lowest BCUT2D eigenvalue weighted by atomic mass is 9.90. The second kappa shape index (κ2) is 5.93. The fraction of sp³-hybridized carbons (Fsp3) is 0.600. The van der Waals surface area contributed by atoms with E-state index in [1.165, 1.54) is 37.7 Å². The van der Waals surface area contributed by atoms with Crippen LogP contribution in [0.4, 0.5) is 0 Å². The molecule has 1 aromatic rings. The summed E-state index contributed by atoms with van der Waals surface area (Å²) in [6.07, 6.45) is 8.01. The first-order valence-corrected chi connectivity index (χ1v) is 6.60. The third-order valence-corrected chi connectivity index (χ3v) is 3.54. The van der Waals surface area contributed by atoms with Crippen molar-refractivity contribution < 1.29 is 4.74 Å². The molecule has 1 nitrogen and oxygen atoms in total. The van der Waals surface area contributed by atoms with Gasteiger partial charge in [-0.1, -0.05) is 38.3 Å². The highest BCUT2D eigenvalue weighted by Crippen LogP contribution is 2.24. The quantitative estimate of drug-likeness (QED) is 0.735. The fourth-order valence-electron chi connectivity index (χ4n) is 2.39. The summed E-state index contributed by atoms with van der Waals surface area (Å²) in [6.45, 7) is 3.09. The SMILES string of the molecule is CCc1ccc(OCC2CCCCC2)cc1. The third-order valence-electron chi connectivity index (χ3n) is 3.54. The third kappa shape index (κ3) is 3.26. The van der Waals surface area contributed by atoms with Crippen LogP contribution in [0.5, 0.6) is 5.75 Å². The lowest BCUT2D eigenvalue weighted by molar-refractivity contribution is 0.209. The first-order chi connectivity index (χ1) is 7.88. The summed E-state index contributed by atoms with van der Waals surface area (Å²) in [7, 11) is 0.